The van der Waals surface area contributed by atoms with E-state index in [0.29, 0.717) is 5.31 Å². The second-order valence-electron chi connectivity index (χ2n) is 5.89. The van der Waals surface area contributed by atoms with Gasteiger partial charge in [-0.15, -0.1) is 0 Å². The van der Waals surface area contributed by atoms with Gasteiger partial charge in [-0.2, -0.15) is 0 Å². The van der Waals surface area contributed by atoms with Crippen LogP contribution in [-0.4, -0.2) is 6.71 Å². The van der Waals surface area contributed by atoms with E-state index in [2.05, 4.69) is 20.8 Å². The first-order valence-corrected chi connectivity index (χ1v) is 5.77. The van der Waals surface area contributed by atoms with E-state index in [9.17, 15) is 0 Å². The molecule has 0 amide bonds. The van der Waals surface area contributed by atoms with E-state index in [-0.39, 0.29) is 0 Å². The lowest BCUT2D eigenvalue weighted by atomic mass is 9.33. The molecule has 0 aromatic carbocycles. The minimum atomic E-state index is 0.525. The largest absolute Gasteiger partial charge is 0.153 e. The van der Waals surface area contributed by atoms with Crippen LogP contribution < -0.4 is 0 Å². The average Bonchev–Trinajstić information content (AvgIpc) is 2.45. The number of rotatable bonds is 0. The van der Waals surface area contributed by atoms with Gasteiger partial charge in [-0.3, -0.25) is 0 Å². The summed E-state index contributed by atoms with van der Waals surface area (Å²) in [5.74, 6) is 0. The van der Waals surface area contributed by atoms with Gasteiger partial charge < -0.3 is 0 Å². The zero-order chi connectivity index (χ0) is 9.47. The van der Waals surface area contributed by atoms with Gasteiger partial charge in [-0.05, 0) is 25.7 Å². The van der Waals surface area contributed by atoms with Crippen molar-refractivity contribution in [3.63, 3.8) is 0 Å². The topological polar surface area (TPSA) is 0 Å². The predicted molar refractivity (Wildman–Crippen MR) is 60.6 cm³/mol. The first-order valence-electron chi connectivity index (χ1n) is 5.77. The van der Waals surface area contributed by atoms with Crippen molar-refractivity contribution >= 4 is 6.71 Å². The molecule has 0 spiro atoms. The van der Waals surface area contributed by atoms with Gasteiger partial charge in [-0.1, -0.05) is 49.9 Å². The Kier molecular flexibility index (Phi) is 2.29. The second kappa shape index (κ2) is 3.18. The van der Waals surface area contributed by atoms with Crippen molar-refractivity contribution in [2.24, 2.45) is 0 Å². The molecule has 1 aliphatic heterocycles. The molecule has 0 aromatic rings. The molecule has 0 unspecified atom stereocenters. The zero-order valence-electron chi connectivity index (χ0n) is 9.32. The van der Waals surface area contributed by atoms with Crippen LogP contribution in [0.4, 0.5) is 0 Å². The van der Waals surface area contributed by atoms with Gasteiger partial charge in [-0.25, -0.2) is 0 Å². The minimum Gasteiger partial charge on any atom is -0.0788 e. The Hall–Kier alpha value is -0.195. The summed E-state index contributed by atoms with van der Waals surface area (Å²) >= 11 is 0. The Morgan fingerprint density at radius 3 is 1.77 bits per heavy atom. The fourth-order valence-corrected chi connectivity index (χ4v) is 2.80. The Morgan fingerprint density at radius 2 is 1.38 bits per heavy atom. The van der Waals surface area contributed by atoms with Crippen LogP contribution in [0.15, 0.2) is 11.1 Å². The Labute approximate surface area is 82.9 Å². The van der Waals surface area contributed by atoms with E-state index in [0.717, 1.165) is 6.71 Å². The summed E-state index contributed by atoms with van der Waals surface area (Å²) in [6.07, 6.45) is 8.58. The fourth-order valence-electron chi connectivity index (χ4n) is 2.80. The SMILES string of the molecule is CC(C)(C)B1CC2=C(CCCC2)C1. The molecule has 13 heavy (non-hydrogen) atoms. The summed E-state index contributed by atoms with van der Waals surface area (Å²) in [4.78, 5) is 0. The third-order valence-electron chi connectivity index (χ3n) is 3.92. The third-order valence-corrected chi connectivity index (χ3v) is 3.92. The highest BCUT2D eigenvalue weighted by atomic mass is 14.2. The van der Waals surface area contributed by atoms with Crippen molar-refractivity contribution in [1.29, 1.82) is 0 Å². The van der Waals surface area contributed by atoms with E-state index in [1.165, 1.54) is 38.3 Å². The normalized spacial score (nSPS) is 23.8. The molecule has 0 radical (unpaired) electrons. The Morgan fingerprint density at radius 1 is 0.923 bits per heavy atom. The van der Waals surface area contributed by atoms with Crippen molar-refractivity contribution in [1.82, 2.24) is 0 Å². The van der Waals surface area contributed by atoms with Gasteiger partial charge in [0.05, 0.1) is 0 Å². The van der Waals surface area contributed by atoms with E-state index in [4.69, 9.17) is 0 Å². The van der Waals surface area contributed by atoms with Crippen LogP contribution in [0.5, 0.6) is 0 Å². The van der Waals surface area contributed by atoms with Crippen LogP contribution in [0.3, 0.4) is 0 Å². The molecule has 1 heteroatoms. The Bertz CT molecular complexity index is 214. The molecule has 1 aliphatic carbocycles. The average molecular weight is 176 g/mol. The standard InChI is InChI=1S/C12H21B/c1-12(2,3)13-8-10-6-4-5-7-11(10)9-13/h4-9H2,1-3H3. The molecular weight excluding hydrogens is 155 g/mol. The molecule has 2 rings (SSSR count). The molecule has 1 heterocycles. The number of allylic oxidation sites excluding steroid dienone is 2. The molecule has 0 fully saturated rings. The van der Waals surface area contributed by atoms with Crippen molar-refractivity contribution in [2.45, 2.75) is 64.4 Å². The first kappa shape index (κ1) is 9.36. The maximum Gasteiger partial charge on any atom is 0.153 e. The molecule has 2 aliphatic rings. The summed E-state index contributed by atoms with van der Waals surface area (Å²) in [6.45, 7) is 8.14. The lowest BCUT2D eigenvalue weighted by Crippen LogP contribution is -2.22. The summed E-state index contributed by atoms with van der Waals surface area (Å²) in [6, 6.07) is 0. The van der Waals surface area contributed by atoms with E-state index < -0.39 is 0 Å². The van der Waals surface area contributed by atoms with Crippen molar-refractivity contribution in [3.05, 3.63) is 11.1 Å². The van der Waals surface area contributed by atoms with Crippen LogP contribution in [-0.2, 0) is 0 Å². The maximum atomic E-state index is 2.40. The third kappa shape index (κ3) is 1.84. The van der Waals surface area contributed by atoms with E-state index in [1.807, 2.05) is 11.1 Å². The number of hydrogen-bond acceptors (Lipinski definition) is 0. The van der Waals surface area contributed by atoms with Gasteiger partial charge in [0.1, 0.15) is 0 Å². The molecule has 0 N–H and O–H groups in total. The number of hydrogen-bond donors (Lipinski definition) is 0. The summed E-state index contributed by atoms with van der Waals surface area (Å²) in [5, 5.41) is 0.525. The van der Waals surface area contributed by atoms with Gasteiger partial charge in [0.15, 0.2) is 6.71 Å². The lowest BCUT2D eigenvalue weighted by molar-refractivity contribution is 0.679. The quantitative estimate of drug-likeness (QED) is 0.384. The zero-order valence-corrected chi connectivity index (χ0v) is 9.32. The molecule has 0 saturated heterocycles. The van der Waals surface area contributed by atoms with E-state index >= 15 is 0 Å². The van der Waals surface area contributed by atoms with E-state index in [1.54, 1.807) is 0 Å². The molecular formula is C12H21B. The van der Waals surface area contributed by atoms with Crippen molar-refractivity contribution in [2.75, 3.05) is 0 Å². The highest BCUT2D eigenvalue weighted by Gasteiger charge is 2.35. The summed E-state index contributed by atoms with van der Waals surface area (Å²) in [7, 11) is 0. The molecule has 0 atom stereocenters. The second-order valence-corrected chi connectivity index (χ2v) is 5.89. The molecule has 0 saturated carbocycles. The highest BCUT2D eigenvalue weighted by molar-refractivity contribution is 6.64. The monoisotopic (exact) mass is 176 g/mol. The molecule has 72 valence electrons. The van der Waals surface area contributed by atoms with Crippen LogP contribution in [0.25, 0.3) is 0 Å². The smallest absolute Gasteiger partial charge is 0.0788 e. The van der Waals surface area contributed by atoms with Crippen molar-refractivity contribution in [3.8, 4) is 0 Å². The van der Waals surface area contributed by atoms with Crippen LogP contribution >= 0.6 is 0 Å². The molecule has 0 nitrogen and oxygen atoms in total. The fraction of sp³-hybridized carbons (Fsp3) is 0.833. The first-order chi connectivity index (χ1) is 6.07. The summed E-state index contributed by atoms with van der Waals surface area (Å²) < 4.78 is 0. The van der Waals surface area contributed by atoms with Gasteiger partial charge in [0.25, 0.3) is 0 Å². The van der Waals surface area contributed by atoms with Crippen LogP contribution in [0, 0.1) is 0 Å². The predicted octanol–water partition coefficient (Wildman–Crippen LogP) is 4.17. The van der Waals surface area contributed by atoms with Gasteiger partial charge in [0, 0.05) is 0 Å². The van der Waals surface area contributed by atoms with Gasteiger partial charge >= 0.3 is 0 Å². The lowest BCUT2D eigenvalue weighted by Gasteiger charge is -2.24. The van der Waals surface area contributed by atoms with Crippen LogP contribution in [0.2, 0.25) is 18.0 Å². The Balaban J connectivity index is 2.06. The van der Waals surface area contributed by atoms with Gasteiger partial charge in [0.2, 0.25) is 0 Å². The highest BCUT2D eigenvalue weighted by Crippen LogP contribution is 2.45. The molecule has 0 bridgehead atoms. The van der Waals surface area contributed by atoms with Crippen LogP contribution in [0.1, 0.15) is 46.5 Å². The maximum absolute atomic E-state index is 2.40. The summed E-state index contributed by atoms with van der Waals surface area (Å²) in [5.41, 5.74) is 3.68. The minimum absolute atomic E-state index is 0.525. The molecule has 0 aromatic heterocycles. The van der Waals surface area contributed by atoms with Crippen molar-refractivity contribution < 1.29 is 0 Å².